The van der Waals surface area contributed by atoms with Crippen LogP contribution in [0.15, 0.2) is 42.0 Å². The summed E-state index contributed by atoms with van der Waals surface area (Å²) >= 11 is 0. The van der Waals surface area contributed by atoms with Crippen LogP contribution in [0, 0.1) is 35.5 Å². The average Bonchev–Trinajstić information content (AvgIpc) is 3.82. The van der Waals surface area contributed by atoms with E-state index in [0.29, 0.717) is 12.5 Å². The lowest BCUT2D eigenvalue weighted by Gasteiger charge is -2.44. The summed E-state index contributed by atoms with van der Waals surface area (Å²) in [6.45, 7) is 8.17. The molecular weight excluding hydrogens is 767 g/mol. The fourth-order valence-electron chi connectivity index (χ4n) is 11.6. The maximum absolute atomic E-state index is 15.1. The van der Waals surface area contributed by atoms with E-state index in [1.165, 1.54) is 5.57 Å². The zero-order valence-corrected chi connectivity index (χ0v) is 37.6. The average molecular weight is 838 g/mol. The Bertz CT molecular complexity index is 1700. The highest BCUT2D eigenvalue weighted by molar-refractivity contribution is 5.99. The lowest BCUT2D eigenvalue weighted by atomic mass is 9.66. The van der Waals surface area contributed by atoms with Crippen LogP contribution < -0.4 is 4.74 Å². The summed E-state index contributed by atoms with van der Waals surface area (Å²) in [5.74, 6) is 0.0427. The topological polar surface area (TPSA) is 120 Å². The van der Waals surface area contributed by atoms with Crippen LogP contribution in [0.1, 0.15) is 91.0 Å². The minimum absolute atomic E-state index is 0.0137. The number of Topliss-reactive ketones (excluding diaryl/α,β-unsaturated/α-hetero) is 1. The molecule has 1 aromatic rings. The van der Waals surface area contributed by atoms with Gasteiger partial charge in [0.2, 0.25) is 0 Å². The van der Waals surface area contributed by atoms with Crippen molar-refractivity contribution in [1.29, 1.82) is 0 Å². The number of carbonyl (C=O) groups is 2. The molecule has 12 heteroatoms. The zero-order valence-electron chi connectivity index (χ0n) is 37.6. The van der Waals surface area contributed by atoms with E-state index in [9.17, 15) is 4.79 Å². The number of likely N-dealkylation sites (N-methyl/N-ethyl adjacent to an activating group) is 1. The molecule has 3 heterocycles. The predicted molar refractivity (Wildman–Crippen MR) is 226 cm³/mol. The van der Waals surface area contributed by atoms with Crippen molar-refractivity contribution < 1.29 is 52.2 Å². The van der Waals surface area contributed by atoms with E-state index in [0.717, 1.165) is 61.8 Å². The van der Waals surface area contributed by atoms with E-state index in [1.54, 1.807) is 28.4 Å². The van der Waals surface area contributed by atoms with Gasteiger partial charge in [-0.3, -0.25) is 9.59 Å². The Hall–Kier alpha value is -2.68. The van der Waals surface area contributed by atoms with Crippen LogP contribution in [0.25, 0.3) is 5.57 Å². The van der Waals surface area contributed by atoms with Crippen molar-refractivity contribution in [1.82, 2.24) is 4.90 Å². The van der Waals surface area contributed by atoms with Gasteiger partial charge in [-0.2, -0.15) is 0 Å². The van der Waals surface area contributed by atoms with Crippen LogP contribution in [0.5, 0.6) is 5.75 Å². The number of carbonyl (C=O) groups excluding carboxylic acids is 2. The first-order valence-electron chi connectivity index (χ1n) is 22.6. The molecule has 0 bridgehead atoms. The molecule has 3 aliphatic heterocycles. The minimum Gasteiger partial charge on any atom is -0.497 e. The van der Waals surface area contributed by atoms with E-state index in [-0.39, 0.29) is 96.8 Å². The number of nitrogens with zero attached hydrogens (tertiary/aromatic N) is 1. The fourth-order valence-corrected chi connectivity index (χ4v) is 11.6. The summed E-state index contributed by atoms with van der Waals surface area (Å²) in [4.78, 5) is 31.2. The standard InChI is InChI=1S/C48H71NO11/c1-11-30-15-13-17-41(60-43-19-18-40(49(5)6)27(3)56-43)26(2)44(51)39-24-37-35-22-32(59-48-47(55-10)46(54-9)45(53-8)28(4)57-48)21-34(35)33(29-14-12-16-31(20-29)52-7)23-36(37)38(39)25-42(50)58-30/h12,14,16,20,23-24,26-28,30,32,34-38,40-41,43,45-48H,11,13,15,17-19,21-22,25H2,1-10H3/t26-,27?,28?,30+,32-,34?,35-,36?,37+,38+,40+,41+,43+,45+,46?,47+,48+/m1/s1. The summed E-state index contributed by atoms with van der Waals surface area (Å²) in [5.41, 5.74) is 3.00. The second kappa shape index (κ2) is 19.8. The van der Waals surface area contributed by atoms with Crippen molar-refractivity contribution in [3.63, 3.8) is 0 Å². The molecule has 5 unspecified atom stereocenters. The van der Waals surface area contributed by atoms with Gasteiger partial charge >= 0.3 is 5.97 Å². The lowest BCUT2D eigenvalue weighted by molar-refractivity contribution is -0.314. The maximum atomic E-state index is 15.1. The Balaban J connectivity index is 1.21. The van der Waals surface area contributed by atoms with Crippen molar-refractivity contribution in [3.05, 3.63) is 47.6 Å². The smallest absolute Gasteiger partial charge is 0.306 e. The molecule has 60 heavy (non-hydrogen) atoms. The van der Waals surface area contributed by atoms with Gasteiger partial charge in [-0.25, -0.2) is 0 Å². The number of cyclic esters (lactones) is 1. The first-order valence-corrected chi connectivity index (χ1v) is 22.6. The largest absolute Gasteiger partial charge is 0.497 e. The Morgan fingerprint density at radius 1 is 0.783 bits per heavy atom. The van der Waals surface area contributed by atoms with Gasteiger partial charge in [0.05, 0.1) is 37.9 Å². The number of hydrogen-bond donors (Lipinski definition) is 0. The van der Waals surface area contributed by atoms with E-state index in [4.69, 9.17) is 42.6 Å². The molecule has 334 valence electrons. The van der Waals surface area contributed by atoms with E-state index in [1.807, 2.05) is 26.0 Å². The third-order valence-corrected chi connectivity index (χ3v) is 14.8. The Morgan fingerprint density at radius 3 is 2.22 bits per heavy atom. The van der Waals surface area contributed by atoms with Gasteiger partial charge < -0.3 is 47.5 Å². The third-order valence-electron chi connectivity index (χ3n) is 14.8. The van der Waals surface area contributed by atoms with Crippen LogP contribution in [0.4, 0.5) is 0 Å². The van der Waals surface area contributed by atoms with Crippen LogP contribution in [-0.2, 0) is 47.5 Å². The van der Waals surface area contributed by atoms with Crippen LogP contribution in [0.3, 0.4) is 0 Å². The molecule has 0 amide bonds. The molecule has 0 spiro atoms. The van der Waals surface area contributed by atoms with E-state index in [2.05, 4.69) is 57.1 Å². The number of hydrogen-bond acceptors (Lipinski definition) is 12. The molecule has 0 radical (unpaired) electrons. The molecule has 0 N–H and O–H groups in total. The van der Waals surface area contributed by atoms with Gasteiger partial charge in [-0.05, 0) is 132 Å². The van der Waals surface area contributed by atoms with Gasteiger partial charge in [0.1, 0.15) is 30.2 Å². The molecule has 0 aromatic heterocycles. The number of esters is 1. The molecule has 17 atom stereocenters. The highest BCUT2D eigenvalue weighted by Crippen LogP contribution is 2.58. The SMILES string of the molecule is CC[C@H]1CCC[C@H](O[C@H]2CC[C@H](N(C)C)C(C)O2)[C@@H](C)C(=O)C2=C[C@@H]3C(C=C(c4cccc(OC)c4)C4C[C@@H](O[C@@H]5OC(C)[C@H](OC)C(OC)[C@@H]5OC)C[C@H]43)[C@@H]2CC(=O)O1. The van der Waals surface area contributed by atoms with Crippen molar-refractivity contribution in [2.24, 2.45) is 35.5 Å². The van der Waals surface area contributed by atoms with Crippen molar-refractivity contribution >= 4 is 17.3 Å². The lowest BCUT2D eigenvalue weighted by Crippen LogP contribution is -2.59. The molecule has 7 rings (SSSR count). The zero-order chi connectivity index (χ0) is 42.8. The first-order chi connectivity index (χ1) is 28.9. The Kier molecular flexibility index (Phi) is 15.0. The summed E-state index contributed by atoms with van der Waals surface area (Å²) < 4.78 is 56.1. The maximum Gasteiger partial charge on any atom is 0.306 e. The Morgan fingerprint density at radius 2 is 1.53 bits per heavy atom. The number of rotatable bonds is 11. The number of benzene rings is 1. The van der Waals surface area contributed by atoms with E-state index < -0.39 is 18.3 Å². The molecular formula is C48H71NO11. The van der Waals surface area contributed by atoms with Crippen LogP contribution in [-0.4, -0.2) is 127 Å². The van der Waals surface area contributed by atoms with Crippen molar-refractivity contribution in [3.8, 4) is 5.75 Å². The second-order valence-electron chi connectivity index (χ2n) is 18.4. The van der Waals surface area contributed by atoms with Gasteiger partial charge in [0.15, 0.2) is 18.4 Å². The second-order valence-corrected chi connectivity index (χ2v) is 18.4. The fraction of sp³-hybridized carbons (Fsp3) is 0.750. The molecule has 4 fully saturated rings. The number of ketones is 1. The highest BCUT2D eigenvalue weighted by atomic mass is 16.7. The minimum atomic E-state index is -0.658. The monoisotopic (exact) mass is 838 g/mol. The van der Waals surface area contributed by atoms with Crippen LogP contribution in [0.2, 0.25) is 0 Å². The van der Waals surface area contributed by atoms with Gasteiger partial charge in [0.25, 0.3) is 0 Å². The molecule has 12 nitrogen and oxygen atoms in total. The van der Waals surface area contributed by atoms with E-state index >= 15 is 4.79 Å². The highest BCUT2D eigenvalue weighted by Gasteiger charge is 2.54. The van der Waals surface area contributed by atoms with Gasteiger partial charge in [-0.1, -0.05) is 38.1 Å². The van der Waals surface area contributed by atoms with Crippen LogP contribution >= 0.6 is 0 Å². The molecule has 1 aromatic carbocycles. The summed E-state index contributed by atoms with van der Waals surface area (Å²) in [5, 5.41) is 0. The third kappa shape index (κ3) is 9.32. The predicted octanol–water partition coefficient (Wildman–Crippen LogP) is 7.02. The summed E-state index contributed by atoms with van der Waals surface area (Å²) in [7, 11) is 10.8. The number of fused-ring (bicyclic) bond motifs is 5. The molecule has 3 saturated heterocycles. The first kappa shape index (κ1) is 45.3. The molecule has 1 saturated carbocycles. The number of ether oxygens (including phenoxy) is 9. The van der Waals surface area contributed by atoms with Crippen molar-refractivity contribution in [2.75, 3.05) is 42.5 Å². The number of allylic oxidation sites excluding steroid dienone is 4. The van der Waals surface area contributed by atoms with Gasteiger partial charge in [0, 0.05) is 39.2 Å². The summed E-state index contributed by atoms with van der Waals surface area (Å²) in [6, 6.07) is 8.52. The quantitative estimate of drug-likeness (QED) is 0.213. The molecule has 3 aliphatic carbocycles. The Labute approximate surface area is 357 Å². The normalized spacial score (nSPS) is 41.3. The van der Waals surface area contributed by atoms with Crippen molar-refractivity contribution in [2.45, 2.75) is 153 Å². The number of methoxy groups -OCH3 is 4. The van der Waals surface area contributed by atoms with Gasteiger partial charge in [-0.15, -0.1) is 0 Å². The summed E-state index contributed by atoms with van der Waals surface area (Å²) in [6.07, 6.45) is 7.75. The molecule has 6 aliphatic rings.